The van der Waals surface area contributed by atoms with Crippen LogP contribution in [0.2, 0.25) is 5.02 Å². The van der Waals surface area contributed by atoms with Gasteiger partial charge in [-0.3, -0.25) is 19.7 Å². The van der Waals surface area contributed by atoms with E-state index in [9.17, 15) is 19.7 Å². The number of hydrogen-bond acceptors (Lipinski definition) is 4. The molecule has 30 heavy (non-hydrogen) atoms. The van der Waals surface area contributed by atoms with E-state index in [-0.39, 0.29) is 22.2 Å². The Morgan fingerprint density at radius 2 is 1.70 bits per heavy atom. The minimum atomic E-state index is -0.588. The quantitative estimate of drug-likeness (QED) is 0.430. The molecule has 0 aliphatic carbocycles. The zero-order valence-electron chi connectivity index (χ0n) is 16.0. The first-order valence-electron chi connectivity index (χ1n) is 9.06. The van der Waals surface area contributed by atoms with Crippen LogP contribution in [0.4, 0.5) is 11.4 Å². The van der Waals surface area contributed by atoms with Gasteiger partial charge in [0.25, 0.3) is 17.5 Å². The van der Waals surface area contributed by atoms with E-state index in [4.69, 9.17) is 11.6 Å². The molecule has 152 valence electrons. The number of nitro groups is 1. The number of halogens is 1. The lowest BCUT2D eigenvalue weighted by Crippen LogP contribution is -2.27. The normalized spacial score (nSPS) is 11.4. The third-order valence-corrected chi connectivity index (χ3v) is 4.76. The van der Waals surface area contributed by atoms with Crippen LogP contribution in [0, 0.1) is 10.1 Å². The molecule has 0 heterocycles. The SMILES string of the molecule is C[C@H](NC(=O)c1cc([N+](=O)[O-])ccc1Cl)c1cccc(NC(=O)c2ccccc2)c1. The van der Waals surface area contributed by atoms with Gasteiger partial charge in [-0.1, -0.05) is 41.9 Å². The smallest absolute Gasteiger partial charge is 0.270 e. The summed E-state index contributed by atoms with van der Waals surface area (Å²) < 4.78 is 0. The Kier molecular flexibility index (Phi) is 6.44. The number of non-ortho nitro benzene ring substituents is 1. The van der Waals surface area contributed by atoms with E-state index in [0.717, 1.165) is 11.6 Å². The van der Waals surface area contributed by atoms with Crippen LogP contribution in [0.25, 0.3) is 0 Å². The molecule has 0 aliphatic heterocycles. The van der Waals surface area contributed by atoms with Gasteiger partial charge in [0.2, 0.25) is 0 Å². The Bertz CT molecular complexity index is 1100. The topological polar surface area (TPSA) is 101 Å². The van der Waals surface area contributed by atoms with Crippen LogP contribution in [0.15, 0.2) is 72.8 Å². The first kappa shape index (κ1) is 21.0. The molecule has 2 N–H and O–H groups in total. The fourth-order valence-corrected chi connectivity index (χ4v) is 3.04. The number of nitro benzene ring substituents is 1. The van der Waals surface area contributed by atoms with Crippen molar-refractivity contribution in [3.05, 3.63) is 105 Å². The van der Waals surface area contributed by atoms with Gasteiger partial charge >= 0.3 is 0 Å². The molecule has 0 saturated heterocycles. The average Bonchev–Trinajstić information content (AvgIpc) is 2.74. The summed E-state index contributed by atoms with van der Waals surface area (Å²) in [5.74, 6) is -0.775. The van der Waals surface area contributed by atoms with Crippen molar-refractivity contribution in [2.45, 2.75) is 13.0 Å². The summed E-state index contributed by atoms with van der Waals surface area (Å²) in [6, 6.07) is 19.1. The van der Waals surface area contributed by atoms with Crippen molar-refractivity contribution < 1.29 is 14.5 Å². The first-order chi connectivity index (χ1) is 14.3. The van der Waals surface area contributed by atoms with Crippen molar-refractivity contribution in [1.82, 2.24) is 5.32 Å². The van der Waals surface area contributed by atoms with E-state index in [0.29, 0.717) is 11.3 Å². The van der Waals surface area contributed by atoms with E-state index in [1.54, 1.807) is 55.5 Å². The molecular weight excluding hydrogens is 406 g/mol. The maximum absolute atomic E-state index is 12.6. The van der Waals surface area contributed by atoms with Crippen LogP contribution in [0.5, 0.6) is 0 Å². The number of nitrogens with zero attached hydrogens (tertiary/aromatic N) is 1. The third-order valence-electron chi connectivity index (χ3n) is 4.43. The standard InChI is InChI=1S/C22H18ClN3O4/c1-14(24-22(28)19-13-18(26(29)30)10-11-20(19)23)16-8-5-9-17(12-16)25-21(27)15-6-3-2-4-7-15/h2-14H,1H3,(H,24,28)(H,25,27)/t14-/m0/s1. The summed E-state index contributed by atoms with van der Waals surface area (Å²) in [6.07, 6.45) is 0. The van der Waals surface area contributed by atoms with Crippen molar-refractivity contribution in [2.24, 2.45) is 0 Å². The molecule has 3 rings (SSSR count). The Labute approximate surface area is 177 Å². The fourth-order valence-electron chi connectivity index (χ4n) is 2.84. The molecule has 0 fully saturated rings. The Morgan fingerprint density at radius 1 is 0.967 bits per heavy atom. The molecule has 1 atom stereocenters. The minimum Gasteiger partial charge on any atom is -0.345 e. The Balaban J connectivity index is 1.73. The third kappa shape index (κ3) is 5.01. The molecule has 0 unspecified atom stereocenters. The minimum absolute atomic E-state index is 0.0197. The molecule has 0 radical (unpaired) electrons. The van der Waals surface area contributed by atoms with E-state index in [2.05, 4.69) is 10.6 Å². The number of amides is 2. The Hall–Kier alpha value is -3.71. The largest absolute Gasteiger partial charge is 0.345 e. The molecule has 0 saturated carbocycles. The summed E-state index contributed by atoms with van der Waals surface area (Å²) in [6.45, 7) is 1.77. The van der Waals surface area contributed by atoms with Gasteiger partial charge in [0.15, 0.2) is 0 Å². The highest BCUT2D eigenvalue weighted by Crippen LogP contribution is 2.24. The number of benzene rings is 3. The lowest BCUT2D eigenvalue weighted by atomic mass is 10.1. The van der Waals surface area contributed by atoms with Crippen LogP contribution in [0.1, 0.15) is 39.2 Å². The van der Waals surface area contributed by atoms with Crippen LogP contribution < -0.4 is 10.6 Å². The monoisotopic (exact) mass is 423 g/mol. The summed E-state index contributed by atoms with van der Waals surface area (Å²) in [5, 5.41) is 16.7. The number of anilines is 1. The van der Waals surface area contributed by atoms with Crippen LogP contribution >= 0.6 is 11.6 Å². The van der Waals surface area contributed by atoms with Gasteiger partial charge in [-0.25, -0.2) is 0 Å². The van der Waals surface area contributed by atoms with E-state index < -0.39 is 16.9 Å². The van der Waals surface area contributed by atoms with Gasteiger partial charge in [0.1, 0.15) is 0 Å². The molecule has 8 heteroatoms. The highest BCUT2D eigenvalue weighted by atomic mass is 35.5. The number of carbonyl (C=O) groups excluding carboxylic acids is 2. The van der Waals surface area contributed by atoms with Crippen molar-refractivity contribution >= 4 is 34.8 Å². The Morgan fingerprint density at radius 3 is 2.40 bits per heavy atom. The van der Waals surface area contributed by atoms with Gasteiger partial charge in [-0.15, -0.1) is 0 Å². The molecule has 3 aromatic carbocycles. The summed E-state index contributed by atoms with van der Waals surface area (Å²) in [4.78, 5) is 35.3. The van der Waals surface area contributed by atoms with Gasteiger partial charge in [-0.05, 0) is 42.8 Å². The summed E-state index contributed by atoms with van der Waals surface area (Å²) in [7, 11) is 0. The molecular formula is C22H18ClN3O4. The maximum atomic E-state index is 12.6. The van der Waals surface area contributed by atoms with Gasteiger partial charge in [-0.2, -0.15) is 0 Å². The number of hydrogen-bond donors (Lipinski definition) is 2. The molecule has 2 amide bonds. The number of nitrogens with one attached hydrogen (secondary N) is 2. The van der Waals surface area contributed by atoms with Gasteiger partial charge in [0.05, 0.1) is 21.6 Å². The van der Waals surface area contributed by atoms with E-state index in [1.807, 2.05) is 6.07 Å². The predicted octanol–water partition coefficient (Wildman–Crippen LogP) is 4.99. The first-order valence-corrected chi connectivity index (χ1v) is 9.44. The molecule has 7 nitrogen and oxygen atoms in total. The second-order valence-electron chi connectivity index (χ2n) is 6.56. The lowest BCUT2D eigenvalue weighted by molar-refractivity contribution is -0.384. The van der Waals surface area contributed by atoms with Crippen molar-refractivity contribution in [1.29, 1.82) is 0 Å². The highest BCUT2D eigenvalue weighted by molar-refractivity contribution is 6.34. The van der Waals surface area contributed by atoms with Crippen LogP contribution in [0.3, 0.4) is 0 Å². The second-order valence-corrected chi connectivity index (χ2v) is 6.97. The molecule has 0 aliphatic rings. The predicted molar refractivity (Wildman–Crippen MR) is 115 cm³/mol. The van der Waals surface area contributed by atoms with Gasteiger partial charge < -0.3 is 10.6 Å². The fraction of sp³-hybridized carbons (Fsp3) is 0.0909. The molecule has 3 aromatic rings. The summed E-state index contributed by atoms with van der Waals surface area (Å²) in [5.41, 5.74) is 1.66. The molecule has 0 aromatic heterocycles. The van der Waals surface area contributed by atoms with Crippen LogP contribution in [-0.2, 0) is 0 Å². The number of carbonyl (C=O) groups is 2. The highest BCUT2D eigenvalue weighted by Gasteiger charge is 2.18. The van der Waals surface area contributed by atoms with Crippen molar-refractivity contribution in [3.63, 3.8) is 0 Å². The van der Waals surface area contributed by atoms with E-state index >= 15 is 0 Å². The van der Waals surface area contributed by atoms with Crippen molar-refractivity contribution in [2.75, 3.05) is 5.32 Å². The van der Waals surface area contributed by atoms with Crippen molar-refractivity contribution in [3.8, 4) is 0 Å². The number of rotatable bonds is 6. The maximum Gasteiger partial charge on any atom is 0.270 e. The van der Waals surface area contributed by atoms with Crippen LogP contribution in [-0.4, -0.2) is 16.7 Å². The zero-order valence-corrected chi connectivity index (χ0v) is 16.7. The lowest BCUT2D eigenvalue weighted by Gasteiger charge is -2.16. The average molecular weight is 424 g/mol. The zero-order chi connectivity index (χ0) is 21.7. The van der Waals surface area contributed by atoms with E-state index in [1.165, 1.54) is 12.1 Å². The molecule has 0 bridgehead atoms. The summed E-state index contributed by atoms with van der Waals surface area (Å²) >= 11 is 6.04. The second kappa shape index (κ2) is 9.19. The molecule has 0 spiro atoms. The van der Waals surface area contributed by atoms with Gasteiger partial charge in [0, 0.05) is 23.4 Å².